The summed E-state index contributed by atoms with van der Waals surface area (Å²) < 4.78 is 15.5. The van der Waals surface area contributed by atoms with Crippen molar-refractivity contribution in [2.45, 2.75) is 182 Å². The summed E-state index contributed by atoms with van der Waals surface area (Å²) in [7, 11) is -4.32. The number of rotatable bonds is 29. The summed E-state index contributed by atoms with van der Waals surface area (Å²) in [6, 6.07) is 0. The third-order valence-electron chi connectivity index (χ3n) is 7.32. The van der Waals surface area contributed by atoms with Gasteiger partial charge in [-0.05, 0) is 44.7 Å². The second kappa shape index (κ2) is 33.3. The van der Waals surface area contributed by atoms with Crippen LogP contribution >= 0.6 is 7.82 Å². The fraction of sp³-hybridized carbons (Fsp3) is 1.00. The molecule has 0 heterocycles. The van der Waals surface area contributed by atoms with Crippen LogP contribution in [0.3, 0.4) is 0 Å². The topological polar surface area (TPSA) is 78.8 Å². The van der Waals surface area contributed by atoms with Gasteiger partial charge in [-0.2, -0.15) is 0 Å². The Labute approximate surface area is 239 Å². The summed E-state index contributed by atoms with van der Waals surface area (Å²) in [4.78, 5) is 17.7. The standard InChI is InChI=1S/C16H35N.C16H35O4P/c1-3-5-7-9-11-13-15-17-16-14-12-10-8-6-4-2;1-3-5-7-9-10-12-14-16(13-11-8-6-4-2)15-20-21(17,18)19/h17H,3-16H2,1-2H3;16H,3-15H2,1-2H3,(H2,17,18,19). The van der Waals surface area contributed by atoms with Crippen LogP contribution in [0.25, 0.3) is 0 Å². The molecule has 0 aliphatic heterocycles. The van der Waals surface area contributed by atoms with E-state index in [9.17, 15) is 4.57 Å². The molecule has 0 spiro atoms. The molecule has 0 saturated heterocycles. The minimum Gasteiger partial charge on any atom is -0.317 e. The second-order valence-electron chi connectivity index (χ2n) is 11.3. The van der Waals surface area contributed by atoms with Crippen LogP contribution in [0.15, 0.2) is 0 Å². The minimum absolute atomic E-state index is 0.200. The van der Waals surface area contributed by atoms with Crippen molar-refractivity contribution in [3.05, 3.63) is 0 Å². The summed E-state index contributed by atoms with van der Waals surface area (Å²) in [5, 5.41) is 3.57. The van der Waals surface area contributed by atoms with Gasteiger partial charge in [0.1, 0.15) is 0 Å². The molecule has 0 bridgehead atoms. The van der Waals surface area contributed by atoms with Crippen molar-refractivity contribution >= 4 is 7.82 Å². The molecule has 0 fully saturated rings. The van der Waals surface area contributed by atoms with Gasteiger partial charge < -0.3 is 15.1 Å². The first-order chi connectivity index (χ1) is 18.4. The van der Waals surface area contributed by atoms with Crippen LogP contribution < -0.4 is 5.32 Å². The Bertz CT molecular complexity index is 458. The van der Waals surface area contributed by atoms with Gasteiger partial charge in [-0.1, -0.05) is 156 Å². The number of hydrogen-bond donors (Lipinski definition) is 3. The van der Waals surface area contributed by atoms with Gasteiger partial charge in [0.25, 0.3) is 0 Å². The van der Waals surface area contributed by atoms with Crippen LogP contribution in [-0.2, 0) is 9.09 Å². The average Bonchev–Trinajstić information content (AvgIpc) is 2.89. The zero-order valence-electron chi connectivity index (χ0n) is 26.3. The van der Waals surface area contributed by atoms with Crippen molar-refractivity contribution in [2.24, 2.45) is 5.92 Å². The fourth-order valence-corrected chi connectivity index (χ4v) is 5.18. The third kappa shape index (κ3) is 38.2. The summed E-state index contributed by atoms with van der Waals surface area (Å²) in [5.41, 5.74) is 0. The number of unbranched alkanes of at least 4 members (excludes halogenated alkanes) is 18. The summed E-state index contributed by atoms with van der Waals surface area (Å²) in [6.07, 6.45) is 31.3. The van der Waals surface area contributed by atoms with Crippen molar-refractivity contribution in [2.75, 3.05) is 19.7 Å². The van der Waals surface area contributed by atoms with Gasteiger partial charge in [0.15, 0.2) is 0 Å². The SMILES string of the molecule is CCCCCCCCC(CCCCCC)COP(=O)(O)O.CCCCCCCCNCCCCCCCC. The fourth-order valence-electron chi connectivity index (χ4n) is 4.77. The molecule has 0 aromatic heterocycles. The van der Waals surface area contributed by atoms with Gasteiger partial charge in [-0.25, -0.2) is 4.57 Å². The van der Waals surface area contributed by atoms with E-state index in [1.54, 1.807) is 0 Å². The Hall–Kier alpha value is 0.0700. The summed E-state index contributed by atoms with van der Waals surface area (Å²) in [5.74, 6) is 0.292. The minimum atomic E-state index is -4.32. The van der Waals surface area contributed by atoms with E-state index in [1.807, 2.05) is 0 Å². The van der Waals surface area contributed by atoms with Crippen LogP contribution in [0, 0.1) is 5.92 Å². The first-order valence-electron chi connectivity index (χ1n) is 16.8. The van der Waals surface area contributed by atoms with Gasteiger partial charge >= 0.3 is 7.82 Å². The van der Waals surface area contributed by atoms with Crippen LogP contribution in [0.5, 0.6) is 0 Å². The third-order valence-corrected chi connectivity index (χ3v) is 7.81. The molecule has 1 atom stereocenters. The molecule has 0 amide bonds. The Kier molecular flexibility index (Phi) is 35.2. The summed E-state index contributed by atoms with van der Waals surface area (Å²) >= 11 is 0. The molecule has 0 rings (SSSR count). The predicted octanol–water partition coefficient (Wildman–Crippen LogP) is 10.7. The number of hydrogen-bond acceptors (Lipinski definition) is 3. The molecule has 0 aromatic carbocycles. The zero-order valence-corrected chi connectivity index (χ0v) is 27.2. The lowest BCUT2D eigenvalue weighted by Gasteiger charge is -2.17. The molecule has 1 unspecified atom stereocenters. The van der Waals surface area contributed by atoms with Gasteiger partial charge in [0, 0.05) is 0 Å². The highest BCUT2D eigenvalue weighted by atomic mass is 31.2. The van der Waals surface area contributed by atoms with Gasteiger partial charge in [0.05, 0.1) is 6.61 Å². The van der Waals surface area contributed by atoms with Crippen molar-refractivity contribution in [1.82, 2.24) is 5.32 Å². The smallest absolute Gasteiger partial charge is 0.317 e. The monoisotopic (exact) mass is 564 g/mol. The van der Waals surface area contributed by atoms with Crippen LogP contribution in [0.1, 0.15) is 182 Å². The molecule has 0 aliphatic rings. The normalized spacial score (nSPS) is 12.4. The van der Waals surface area contributed by atoms with E-state index in [0.717, 1.165) is 25.7 Å². The number of phosphoric ester groups is 1. The van der Waals surface area contributed by atoms with Crippen molar-refractivity contribution < 1.29 is 18.9 Å². The molecule has 232 valence electrons. The van der Waals surface area contributed by atoms with Crippen LogP contribution in [0.4, 0.5) is 0 Å². The molecule has 3 N–H and O–H groups in total. The molecular formula is C32H70NO4P. The molecule has 5 nitrogen and oxygen atoms in total. The van der Waals surface area contributed by atoms with E-state index in [2.05, 4.69) is 33.0 Å². The zero-order chi connectivity index (χ0) is 28.6. The summed E-state index contributed by atoms with van der Waals surface area (Å²) in [6.45, 7) is 11.6. The molecule has 0 radical (unpaired) electrons. The molecule has 0 saturated carbocycles. The van der Waals surface area contributed by atoms with Crippen LogP contribution in [-0.4, -0.2) is 29.5 Å². The largest absolute Gasteiger partial charge is 0.469 e. The molecule has 38 heavy (non-hydrogen) atoms. The van der Waals surface area contributed by atoms with Crippen molar-refractivity contribution in [1.29, 1.82) is 0 Å². The average molecular weight is 564 g/mol. The molecular weight excluding hydrogens is 493 g/mol. The van der Waals surface area contributed by atoms with Gasteiger partial charge in [0.2, 0.25) is 0 Å². The molecule has 6 heteroatoms. The van der Waals surface area contributed by atoms with Crippen LogP contribution in [0.2, 0.25) is 0 Å². The van der Waals surface area contributed by atoms with E-state index in [4.69, 9.17) is 14.3 Å². The van der Waals surface area contributed by atoms with Gasteiger partial charge in [-0.3, -0.25) is 4.52 Å². The number of nitrogens with one attached hydrogen (secondary N) is 1. The second-order valence-corrected chi connectivity index (χ2v) is 12.6. The first kappa shape index (κ1) is 40.2. The lowest BCUT2D eigenvalue weighted by Crippen LogP contribution is -2.16. The maximum absolute atomic E-state index is 10.8. The highest BCUT2D eigenvalue weighted by Gasteiger charge is 2.18. The van der Waals surface area contributed by atoms with E-state index < -0.39 is 7.82 Å². The highest BCUT2D eigenvalue weighted by Crippen LogP contribution is 2.37. The molecule has 0 aromatic rings. The Morgan fingerprint density at radius 3 is 1.21 bits per heavy atom. The first-order valence-corrected chi connectivity index (χ1v) is 18.3. The van der Waals surface area contributed by atoms with Crippen molar-refractivity contribution in [3.63, 3.8) is 0 Å². The lowest BCUT2D eigenvalue weighted by atomic mass is 9.95. The maximum Gasteiger partial charge on any atom is 0.469 e. The number of phosphoric acid groups is 1. The Morgan fingerprint density at radius 1 is 0.526 bits per heavy atom. The highest BCUT2D eigenvalue weighted by molar-refractivity contribution is 7.46. The predicted molar refractivity (Wildman–Crippen MR) is 168 cm³/mol. The van der Waals surface area contributed by atoms with Gasteiger partial charge in [-0.15, -0.1) is 0 Å². The molecule has 0 aliphatic carbocycles. The Balaban J connectivity index is 0. The quantitative estimate of drug-likeness (QED) is 0.0623. The van der Waals surface area contributed by atoms with E-state index in [-0.39, 0.29) is 6.61 Å². The van der Waals surface area contributed by atoms with E-state index in [0.29, 0.717) is 5.92 Å². The maximum atomic E-state index is 10.8. The van der Waals surface area contributed by atoms with E-state index in [1.165, 1.54) is 142 Å². The van der Waals surface area contributed by atoms with E-state index >= 15 is 0 Å². The van der Waals surface area contributed by atoms with Crippen molar-refractivity contribution in [3.8, 4) is 0 Å². The lowest BCUT2D eigenvalue weighted by molar-refractivity contribution is 0.157. The Morgan fingerprint density at radius 2 is 0.842 bits per heavy atom.